The lowest BCUT2D eigenvalue weighted by molar-refractivity contribution is 0.813. The first-order chi connectivity index (χ1) is 10.2. The van der Waals surface area contributed by atoms with Crippen LogP contribution >= 0.6 is 12.2 Å². The van der Waals surface area contributed by atoms with E-state index in [4.69, 9.17) is 12.2 Å². The van der Waals surface area contributed by atoms with Gasteiger partial charge in [-0.15, -0.1) is 6.58 Å². The molecule has 0 amide bonds. The van der Waals surface area contributed by atoms with Crippen molar-refractivity contribution in [1.29, 1.82) is 0 Å². The molecule has 0 bridgehead atoms. The number of imidazole rings is 1. The van der Waals surface area contributed by atoms with Crippen molar-refractivity contribution >= 4 is 23.0 Å². The number of hydrazine groups is 1. The van der Waals surface area contributed by atoms with Crippen LogP contribution in [0.15, 0.2) is 62.2 Å². The Morgan fingerprint density at radius 3 is 2.67 bits per heavy atom. The maximum absolute atomic E-state index is 5.08. The smallest absolute Gasteiger partial charge is 0.185 e. The highest BCUT2D eigenvalue weighted by Gasteiger charge is 2.01. The highest BCUT2D eigenvalue weighted by Crippen LogP contribution is 2.13. The first-order valence-electron chi connectivity index (χ1n) is 6.39. The topological polar surface area (TPSA) is 53.9 Å². The van der Waals surface area contributed by atoms with Gasteiger partial charge in [-0.3, -0.25) is 10.9 Å². The van der Waals surface area contributed by atoms with Crippen molar-refractivity contribution < 1.29 is 0 Å². The van der Waals surface area contributed by atoms with Gasteiger partial charge in [0, 0.05) is 24.6 Å². The summed E-state index contributed by atoms with van der Waals surface area (Å²) in [6, 6.07) is 7.95. The average Bonchev–Trinajstić information content (AvgIpc) is 3.05. The van der Waals surface area contributed by atoms with Crippen molar-refractivity contribution in [1.82, 2.24) is 25.7 Å². The molecular formula is C15H17N5S. The largest absolute Gasteiger partial charge is 0.358 e. The van der Waals surface area contributed by atoms with Crippen molar-refractivity contribution in [3.8, 4) is 5.69 Å². The Kier molecular flexibility index (Phi) is 5.11. The minimum absolute atomic E-state index is 0.492. The summed E-state index contributed by atoms with van der Waals surface area (Å²) in [6.07, 6.45) is 7.13. The van der Waals surface area contributed by atoms with Crippen molar-refractivity contribution in [3.05, 3.63) is 67.8 Å². The highest BCUT2D eigenvalue weighted by atomic mass is 32.1. The van der Waals surface area contributed by atoms with E-state index in [0.717, 1.165) is 16.9 Å². The Morgan fingerprint density at radius 2 is 2.05 bits per heavy atom. The molecule has 0 radical (unpaired) electrons. The summed E-state index contributed by atoms with van der Waals surface area (Å²) in [4.78, 5) is 4.02. The third-order valence-corrected chi connectivity index (χ3v) is 3.00. The number of nitrogens with one attached hydrogen (secondary N) is 3. The lowest BCUT2D eigenvalue weighted by Gasteiger charge is -2.14. The Balaban J connectivity index is 1.91. The van der Waals surface area contributed by atoms with Crippen molar-refractivity contribution in [3.63, 3.8) is 0 Å². The summed E-state index contributed by atoms with van der Waals surface area (Å²) in [7, 11) is 0. The second-order valence-electron chi connectivity index (χ2n) is 4.24. The fourth-order valence-electron chi connectivity index (χ4n) is 1.66. The van der Waals surface area contributed by atoms with Crippen LogP contribution in [-0.4, -0.2) is 21.2 Å². The van der Waals surface area contributed by atoms with Crippen molar-refractivity contribution in [2.75, 3.05) is 6.54 Å². The van der Waals surface area contributed by atoms with Gasteiger partial charge in [-0.05, 0) is 29.9 Å². The molecule has 0 unspecified atom stereocenters. The maximum Gasteiger partial charge on any atom is 0.185 e. The molecule has 0 saturated heterocycles. The van der Waals surface area contributed by atoms with Gasteiger partial charge in [-0.1, -0.05) is 24.8 Å². The van der Waals surface area contributed by atoms with Gasteiger partial charge in [0.05, 0.1) is 12.0 Å². The van der Waals surface area contributed by atoms with Gasteiger partial charge in [-0.2, -0.15) is 0 Å². The minimum Gasteiger partial charge on any atom is -0.358 e. The second-order valence-corrected chi connectivity index (χ2v) is 4.65. The normalized spacial score (nSPS) is 9.71. The van der Waals surface area contributed by atoms with Crippen LogP contribution in [0.4, 0.5) is 0 Å². The number of rotatable bonds is 6. The summed E-state index contributed by atoms with van der Waals surface area (Å²) in [5.41, 5.74) is 8.57. The van der Waals surface area contributed by atoms with Gasteiger partial charge in [0.2, 0.25) is 0 Å². The monoisotopic (exact) mass is 299 g/mol. The van der Waals surface area contributed by atoms with Crippen LogP contribution in [0.25, 0.3) is 11.4 Å². The van der Waals surface area contributed by atoms with Crippen molar-refractivity contribution in [2.45, 2.75) is 0 Å². The lowest BCUT2D eigenvalue weighted by atomic mass is 10.1. The predicted octanol–water partition coefficient (Wildman–Crippen LogP) is 2.00. The Labute approximate surface area is 129 Å². The molecule has 6 heteroatoms. The molecule has 0 spiro atoms. The standard InChI is InChI=1S/C15H17N5S/c1-3-8-17-15(21)19-18-12(2)13-4-6-14(7-5-13)20-10-9-16-11-20/h3-7,9-11,18H,1-2,8H2,(H2,17,19,21). The number of hydrogen-bond donors (Lipinski definition) is 3. The first kappa shape index (κ1) is 14.8. The zero-order chi connectivity index (χ0) is 15.1. The van der Waals surface area contributed by atoms with E-state index < -0.39 is 0 Å². The Bertz CT molecular complexity index is 616. The van der Waals surface area contributed by atoms with Crippen LogP contribution in [-0.2, 0) is 0 Å². The summed E-state index contributed by atoms with van der Waals surface area (Å²) in [6.45, 7) is 8.19. The molecule has 5 nitrogen and oxygen atoms in total. The Morgan fingerprint density at radius 1 is 1.29 bits per heavy atom. The molecule has 0 aliphatic carbocycles. The molecule has 0 aliphatic heterocycles. The number of thiocarbonyl (C=S) groups is 1. The molecule has 3 N–H and O–H groups in total. The zero-order valence-electron chi connectivity index (χ0n) is 11.5. The molecule has 0 fully saturated rings. The molecule has 108 valence electrons. The fraction of sp³-hybridized carbons (Fsp3) is 0.0667. The molecular weight excluding hydrogens is 282 g/mol. The van der Waals surface area contributed by atoms with E-state index in [9.17, 15) is 0 Å². The fourth-order valence-corrected chi connectivity index (χ4v) is 1.79. The molecule has 0 atom stereocenters. The van der Waals surface area contributed by atoms with Crippen LogP contribution in [0, 0.1) is 0 Å². The predicted molar refractivity (Wildman–Crippen MR) is 89.7 cm³/mol. The van der Waals surface area contributed by atoms with Gasteiger partial charge in [0.25, 0.3) is 0 Å². The van der Waals surface area contributed by atoms with Crippen LogP contribution in [0.3, 0.4) is 0 Å². The molecule has 1 heterocycles. The average molecular weight is 299 g/mol. The number of nitrogens with zero attached hydrogens (tertiary/aromatic N) is 2. The first-order valence-corrected chi connectivity index (χ1v) is 6.80. The van der Waals surface area contributed by atoms with Crippen LogP contribution in [0.1, 0.15) is 5.56 Å². The third kappa shape index (κ3) is 4.19. The van der Waals surface area contributed by atoms with Gasteiger partial charge in [0.1, 0.15) is 0 Å². The summed E-state index contributed by atoms with van der Waals surface area (Å²) >= 11 is 5.08. The van der Waals surface area contributed by atoms with E-state index >= 15 is 0 Å². The maximum atomic E-state index is 5.08. The van der Waals surface area contributed by atoms with Gasteiger partial charge < -0.3 is 9.88 Å². The van der Waals surface area contributed by atoms with Crippen LogP contribution < -0.4 is 16.2 Å². The molecule has 2 rings (SSSR count). The van der Waals surface area contributed by atoms with E-state index in [0.29, 0.717) is 11.7 Å². The Hall–Kier alpha value is -2.60. The summed E-state index contributed by atoms with van der Waals surface area (Å²) in [5, 5.41) is 3.45. The van der Waals surface area contributed by atoms with E-state index in [-0.39, 0.29) is 0 Å². The number of hydrogen-bond acceptors (Lipinski definition) is 3. The number of benzene rings is 1. The van der Waals surface area contributed by atoms with Gasteiger partial charge in [0.15, 0.2) is 5.11 Å². The van der Waals surface area contributed by atoms with E-state index in [1.807, 2.05) is 35.0 Å². The number of aromatic nitrogens is 2. The van der Waals surface area contributed by atoms with Crippen molar-refractivity contribution in [2.24, 2.45) is 0 Å². The highest BCUT2D eigenvalue weighted by molar-refractivity contribution is 7.80. The molecule has 2 aromatic rings. The third-order valence-electron chi connectivity index (χ3n) is 2.75. The quantitative estimate of drug-likeness (QED) is 0.433. The van der Waals surface area contributed by atoms with E-state index in [2.05, 4.69) is 34.3 Å². The molecule has 1 aromatic heterocycles. The van der Waals surface area contributed by atoms with Crippen LogP contribution in [0.5, 0.6) is 0 Å². The lowest BCUT2D eigenvalue weighted by Crippen LogP contribution is -2.42. The van der Waals surface area contributed by atoms with E-state index in [1.54, 1.807) is 18.6 Å². The minimum atomic E-state index is 0.492. The molecule has 0 aliphatic rings. The van der Waals surface area contributed by atoms with Gasteiger partial charge in [-0.25, -0.2) is 4.98 Å². The molecule has 21 heavy (non-hydrogen) atoms. The summed E-state index contributed by atoms with van der Waals surface area (Å²) < 4.78 is 1.94. The van der Waals surface area contributed by atoms with Crippen LogP contribution in [0.2, 0.25) is 0 Å². The SMILES string of the molecule is C=CCNC(=S)NNC(=C)c1ccc(-n2ccnc2)cc1. The summed E-state index contributed by atoms with van der Waals surface area (Å²) in [5.74, 6) is 0. The van der Waals surface area contributed by atoms with E-state index in [1.165, 1.54) is 0 Å². The second kappa shape index (κ2) is 7.25. The zero-order valence-corrected chi connectivity index (χ0v) is 12.4. The van der Waals surface area contributed by atoms with Gasteiger partial charge >= 0.3 is 0 Å². The molecule has 1 aromatic carbocycles. The molecule has 0 saturated carbocycles.